The zero-order valence-corrected chi connectivity index (χ0v) is 12.1. The van der Waals surface area contributed by atoms with E-state index < -0.39 is 10.7 Å². The Hall–Kier alpha value is -0.760. The average molecular weight is 303 g/mol. The number of halogens is 2. The number of nitriles is 1. The van der Waals surface area contributed by atoms with Gasteiger partial charge in [-0.2, -0.15) is 5.26 Å². The van der Waals surface area contributed by atoms with Gasteiger partial charge in [-0.15, -0.1) is 11.3 Å². The minimum atomic E-state index is -1.12. The third-order valence-electron chi connectivity index (χ3n) is 3.06. The van der Waals surface area contributed by atoms with Gasteiger partial charge in [-0.1, -0.05) is 30.1 Å². The summed E-state index contributed by atoms with van der Waals surface area (Å²) in [5, 5.41) is 12.4. The zero-order chi connectivity index (χ0) is 13.3. The van der Waals surface area contributed by atoms with E-state index in [0.717, 1.165) is 24.8 Å². The molecule has 0 aliphatic heterocycles. The minimum absolute atomic E-state index is 0.485. The summed E-state index contributed by atoms with van der Waals surface area (Å²) in [5.74, 6) is 0.140. The van der Waals surface area contributed by atoms with Crippen molar-refractivity contribution in [1.29, 1.82) is 5.26 Å². The Labute approximate surface area is 120 Å². The fourth-order valence-corrected chi connectivity index (χ4v) is 3.60. The summed E-state index contributed by atoms with van der Waals surface area (Å²) in [6.07, 6.45) is 2.95. The molecule has 0 aromatic carbocycles. The fraction of sp³-hybridized carbons (Fsp3) is 0.500. The van der Waals surface area contributed by atoms with E-state index in [4.69, 9.17) is 23.2 Å². The Balaban J connectivity index is 2.32. The number of hydrogen-bond donors (Lipinski definition) is 1. The lowest BCUT2D eigenvalue weighted by molar-refractivity contribution is -0.114. The summed E-state index contributed by atoms with van der Waals surface area (Å²) in [4.78, 5) is 11.6. The van der Waals surface area contributed by atoms with Gasteiger partial charge in [0.25, 0.3) is 5.91 Å². The predicted molar refractivity (Wildman–Crippen MR) is 74.3 cm³/mol. The van der Waals surface area contributed by atoms with E-state index in [1.54, 1.807) is 0 Å². The van der Waals surface area contributed by atoms with Crippen molar-refractivity contribution >= 4 is 45.4 Å². The number of hydrogen-bond acceptors (Lipinski definition) is 3. The minimum Gasteiger partial charge on any atom is -0.314 e. The summed E-state index contributed by atoms with van der Waals surface area (Å²) in [5.41, 5.74) is 1.65. The van der Waals surface area contributed by atoms with Gasteiger partial charge in [-0.25, -0.2) is 0 Å². The maximum absolute atomic E-state index is 11.5. The van der Waals surface area contributed by atoms with E-state index in [1.165, 1.54) is 16.2 Å². The Morgan fingerprint density at radius 3 is 2.94 bits per heavy atom. The lowest BCUT2D eigenvalue weighted by atomic mass is 9.89. The Kier molecular flexibility index (Phi) is 4.16. The second-order valence-corrected chi connectivity index (χ2v) is 6.66. The number of rotatable bonds is 2. The Morgan fingerprint density at radius 2 is 2.33 bits per heavy atom. The van der Waals surface area contributed by atoms with Gasteiger partial charge >= 0.3 is 0 Å². The first-order valence-corrected chi connectivity index (χ1v) is 7.35. The van der Waals surface area contributed by atoms with E-state index in [0.29, 0.717) is 16.5 Å². The molecule has 0 bridgehead atoms. The lowest BCUT2D eigenvalue weighted by Crippen LogP contribution is -2.18. The van der Waals surface area contributed by atoms with Gasteiger partial charge in [-0.05, 0) is 30.7 Å². The summed E-state index contributed by atoms with van der Waals surface area (Å²) in [7, 11) is 0. The zero-order valence-electron chi connectivity index (χ0n) is 9.80. The average Bonchev–Trinajstić information content (AvgIpc) is 2.64. The Morgan fingerprint density at radius 1 is 1.61 bits per heavy atom. The van der Waals surface area contributed by atoms with E-state index in [-0.39, 0.29) is 0 Å². The monoisotopic (exact) mass is 302 g/mol. The summed E-state index contributed by atoms with van der Waals surface area (Å²) in [6.45, 7) is 2.19. The molecule has 1 atom stereocenters. The normalized spacial score (nSPS) is 18.3. The van der Waals surface area contributed by atoms with Crippen LogP contribution in [0.4, 0.5) is 5.00 Å². The first-order valence-electron chi connectivity index (χ1n) is 5.66. The summed E-state index contributed by atoms with van der Waals surface area (Å²) < 4.78 is 0. The number of thiophene rings is 1. The van der Waals surface area contributed by atoms with Crippen LogP contribution in [0.2, 0.25) is 0 Å². The van der Waals surface area contributed by atoms with E-state index >= 15 is 0 Å². The van der Waals surface area contributed by atoms with Crippen molar-refractivity contribution in [3.05, 3.63) is 16.0 Å². The molecule has 1 aliphatic rings. The van der Waals surface area contributed by atoms with Gasteiger partial charge in [-0.3, -0.25) is 4.79 Å². The lowest BCUT2D eigenvalue weighted by Gasteiger charge is -2.17. The number of fused-ring (bicyclic) bond motifs is 1. The van der Waals surface area contributed by atoms with Crippen LogP contribution >= 0.6 is 34.5 Å². The van der Waals surface area contributed by atoms with Gasteiger partial charge in [0.05, 0.1) is 5.56 Å². The third-order valence-corrected chi connectivity index (χ3v) is 4.62. The highest BCUT2D eigenvalue weighted by Crippen LogP contribution is 2.39. The molecule has 0 fully saturated rings. The number of anilines is 1. The number of alkyl halides is 2. The largest absolute Gasteiger partial charge is 0.314 e. The van der Waals surface area contributed by atoms with Gasteiger partial charge < -0.3 is 5.32 Å². The predicted octanol–water partition coefficient (Wildman–Crippen LogP) is 3.49. The van der Waals surface area contributed by atoms with Crippen molar-refractivity contribution in [2.45, 2.75) is 31.0 Å². The highest BCUT2D eigenvalue weighted by molar-refractivity contribution is 7.16. The first kappa shape index (κ1) is 13.7. The van der Waals surface area contributed by atoms with Crippen molar-refractivity contribution in [3.63, 3.8) is 0 Å². The van der Waals surface area contributed by atoms with Crippen molar-refractivity contribution in [2.24, 2.45) is 5.92 Å². The Bertz CT molecular complexity index is 519. The first-order chi connectivity index (χ1) is 8.52. The van der Waals surface area contributed by atoms with Crippen LogP contribution in [0.5, 0.6) is 0 Å². The number of carbonyl (C=O) groups excluding carboxylic acids is 1. The molecule has 18 heavy (non-hydrogen) atoms. The molecule has 0 radical (unpaired) electrons. The third kappa shape index (κ3) is 2.64. The van der Waals surface area contributed by atoms with Crippen molar-refractivity contribution in [2.75, 3.05) is 5.32 Å². The number of amides is 1. The molecule has 0 unspecified atom stereocenters. The molecule has 1 aromatic heterocycles. The quantitative estimate of drug-likeness (QED) is 0.850. The molecule has 3 nitrogen and oxygen atoms in total. The highest BCUT2D eigenvalue weighted by atomic mass is 35.5. The van der Waals surface area contributed by atoms with E-state index in [1.807, 2.05) is 0 Å². The molecule has 1 heterocycles. The van der Waals surface area contributed by atoms with Gasteiger partial charge in [0, 0.05) is 4.88 Å². The molecule has 1 N–H and O–H groups in total. The van der Waals surface area contributed by atoms with Crippen LogP contribution in [-0.4, -0.2) is 10.7 Å². The molecule has 0 saturated heterocycles. The van der Waals surface area contributed by atoms with Gasteiger partial charge in [0.2, 0.25) is 0 Å². The van der Waals surface area contributed by atoms with Crippen LogP contribution < -0.4 is 5.32 Å². The number of nitrogens with one attached hydrogen (secondary N) is 1. The molecule has 1 aliphatic carbocycles. The van der Waals surface area contributed by atoms with Crippen molar-refractivity contribution in [1.82, 2.24) is 0 Å². The maximum Gasteiger partial charge on any atom is 0.258 e. The fourth-order valence-electron chi connectivity index (χ4n) is 2.12. The summed E-state index contributed by atoms with van der Waals surface area (Å²) >= 11 is 12.5. The van der Waals surface area contributed by atoms with Crippen LogP contribution in [0, 0.1) is 17.2 Å². The van der Waals surface area contributed by atoms with Crippen LogP contribution in [0.25, 0.3) is 0 Å². The molecule has 0 saturated carbocycles. The maximum atomic E-state index is 11.5. The molecule has 1 amide bonds. The smallest absolute Gasteiger partial charge is 0.258 e. The van der Waals surface area contributed by atoms with Gasteiger partial charge in [0.15, 0.2) is 4.84 Å². The number of carbonyl (C=O) groups is 1. The molecular formula is C12H12Cl2N2OS. The van der Waals surface area contributed by atoms with Crippen LogP contribution in [0.3, 0.4) is 0 Å². The van der Waals surface area contributed by atoms with Crippen LogP contribution in [-0.2, 0) is 17.6 Å². The van der Waals surface area contributed by atoms with Crippen molar-refractivity contribution in [3.8, 4) is 6.07 Å². The molecular weight excluding hydrogens is 291 g/mol. The summed E-state index contributed by atoms with van der Waals surface area (Å²) in [6, 6.07) is 2.17. The van der Waals surface area contributed by atoms with Gasteiger partial charge in [0.1, 0.15) is 11.1 Å². The van der Waals surface area contributed by atoms with E-state index in [2.05, 4.69) is 18.3 Å². The molecule has 96 valence electrons. The number of nitrogens with zero attached hydrogens (tertiary/aromatic N) is 1. The standard InChI is InChI=1S/C12H12Cl2N2OS/c1-6-2-3-7-8(5-15)12(18-9(7)4-6)16-11(17)10(13)14/h6,10H,2-4H2,1H3,(H,16,17)/t6-/m1/s1. The second kappa shape index (κ2) is 5.48. The molecule has 1 aromatic rings. The van der Waals surface area contributed by atoms with Crippen LogP contribution in [0.1, 0.15) is 29.3 Å². The van der Waals surface area contributed by atoms with Crippen LogP contribution in [0.15, 0.2) is 0 Å². The van der Waals surface area contributed by atoms with E-state index in [9.17, 15) is 10.1 Å². The van der Waals surface area contributed by atoms with Crippen molar-refractivity contribution < 1.29 is 4.79 Å². The highest BCUT2D eigenvalue weighted by Gasteiger charge is 2.25. The molecule has 0 spiro atoms. The topological polar surface area (TPSA) is 52.9 Å². The second-order valence-electron chi connectivity index (χ2n) is 4.46. The molecule has 6 heteroatoms. The SMILES string of the molecule is C[C@@H]1CCc2c(sc(NC(=O)C(Cl)Cl)c2C#N)C1. The molecule has 2 rings (SSSR count).